The van der Waals surface area contributed by atoms with Crippen LogP contribution in [0.15, 0.2) is 41.1 Å². The Morgan fingerprint density at radius 3 is 2.72 bits per heavy atom. The van der Waals surface area contributed by atoms with Crippen molar-refractivity contribution in [2.24, 2.45) is 0 Å². The number of hydrogen-bond acceptors (Lipinski definition) is 2. The number of hydrogen-bond donors (Lipinski definition) is 1. The van der Waals surface area contributed by atoms with E-state index in [0.717, 1.165) is 19.5 Å². The average Bonchev–Trinajstić information content (AvgIpc) is 2.88. The van der Waals surface area contributed by atoms with Crippen molar-refractivity contribution in [1.29, 1.82) is 0 Å². The van der Waals surface area contributed by atoms with Crippen LogP contribution in [0.5, 0.6) is 0 Å². The number of benzene rings is 1. The average molecular weight is 259 g/mol. The Morgan fingerprint density at radius 2 is 2.06 bits per heavy atom. The van der Waals surface area contributed by atoms with Gasteiger partial charge in [0.05, 0.1) is 0 Å². The van der Waals surface area contributed by atoms with Gasteiger partial charge in [0.25, 0.3) is 0 Å². The van der Waals surface area contributed by atoms with Gasteiger partial charge in [0, 0.05) is 12.5 Å². The molecule has 96 valence electrons. The Hall–Kier alpha value is -1.12. The highest BCUT2D eigenvalue weighted by molar-refractivity contribution is 7.07. The van der Waals surface area contributed by atoms with E-state index in [1.165, 1.54) is 16.7 Å². The highest BCUT2D eigenvalue weighted by Crippen LogP contribution is 2.24. The van der Waals surface area contributed by atoms with Crippen LogP contribution >= 0.6 is 11.3 Å². The van der Waals surface area contributed by atoms with Gasteiger partial charge in [0.1, 0.15) is 0 Å². The summed E-state index contributed by atoms with van der Waals surface area (Å²) in [4.78, 5) is 0. The molecule has 0 bridgehead atoms. The third-order valence-corrected chi connectivity index (χ3v) is 4.06. The van der Waals surface area contributed by atoms with Crippen molar-refractivity contribution in [3.8, 4) is 0 Å². The van der Waals surface area contributed by atoms with Crippen LogP contribution in [0, 0.1) is 6.92 Å². The van der Waals surface area contributed by atoms with Gasteiger partial charge in [-0.1, -0.05) is 31.2 Å². The normalized spacial score (nSPS) is 12.6. The summed E-state index contributed by atoms with van der Waals surface area (Å²) in [5.41, 5.74) is 4.33. The van der Waals surface area contributed by atoms with Gasteiger partial charge in [-0.3, -0.25) is 0 Å². The first kappa shape index (κ1) is 13.3. The molecule has 2 heteroatoms. The zero-order valence-electron chi connectivity index (χ0n) is 11.1. The van der Waals surface area contributed by atoms with Gasteiger partial charge in [-0.15, -0.1) is 0 Å². The lowest BCUT2D eigenvalue weighted by atomic mass is 9.90. The molecule has 0 aliphatic rings. The summed E-state index contributed by atoms with van der Waals surface area (Å²) in [5, 5.41) is 7.92. The first-order valence-electron chi connectivity index (χ1n) is 6.58. The van der Waals surface area contributed by atoms with Crippen molar-refractivity contribution in [3.05, 3.63) is 57.8 Å². The second-order valence-electron chi connectivity index (χ2n) is 4.70. The summed E-state index contributed by atoms with van der Waals surface area (Å²) in [6, 6.07) is 11.0. The van der Waals surface area contributed by atoms with Gasteiger partial charge < -0.3 is 5.32 Å². The van der Waals surface area contributed by atoms with E-state index in [4.69, 9.17) is 0 Å². The maximum absolute atomic E-state index is 3.49. The van der Waals surface area contributed by atoms with Crippen LogP contribution in [0.2, 0.25) is 0 Å². The summed E-state index contributed by atoms with van der Waals surface area (Å²) < 4.78 is 0. The number of nitrogens with one attached hydrogen (secondary N) is 1. The maximum atomic E-state index is 3.49. The molecule has 0 spiro atoms. The van der Waals surface area contributed by atoms with Crippen LogP contribution in [0.1, 0.15) is 29.5 Å². The van der Waals surface area contributed by atoms with E-state index in [1.807, 2.05) is 0 Å². The molecule has 0 aliphatic heterocycles. The molecule has 1 atom stereocenters. The first-order chi connectivity index (χ1) is 8.81. The van der Waals surface area contributed by atoms with Gasteiger partial charge in [0.2, 0.25) is 0 Å². The Morgan fingerprint density at radius 1 is 1.22 bits per heavy atom. The molecule has 0 amide bonds. The molecule has 18 heavy (non-hydrogen) atoms. The third-order valence-electron chi connectivity index (χ3n) is 3.33. The molecule has 2 rings (SSSR count). The second kappa shape index (κ2) is 6.72. The minimum Gasteiger partial charge on any atom is -0.316 e. The van der Waals surface area contributed by atoms with E-state index in [2.05, 4.69) is 60.3 Å². The molecule has 0 radical (unpaired) electrons. The summed E-state index contributed by atoms with van der Waals surface area (Å²) >= 11 is 1.78. The number of aryl methyl sites for hydroxylation is 1. The Balaban J connectivity index is 2.16. The fourth-order valence-electron chi connectivity index (χ4n) is 2.35. The van der Waals surface area contributed by atoms with Crippen LogP contribution in [0.25, 0.3) is 0 Å². The largest absolute Gasteiger partial charge is 0.316 e. The fourth-order valence-corrected chi connectivity index (χ4v) is 3.03. The number of thiophene rings is 1. The van der Waals surface area contributed by atoms with Crippen molar-refractivity contribution in [3.63, 3.8) is 0 Å². The van der Waals surface area contributed by atoms with E-state index in [0.29, 0.717) is 5.92 Å². The van der Waals surface area contributed by atoms with Gasteiger partial charge in [-0.05, 0) is 53.4 Å². The molecule has 2 aromatic rings. The van der Waals surface area contributed by atoms with Gasteiger partial charge in [0.15, 0.2) is 0 Å². The Kier molecular flexibility index (Phi) is 4.97. The topological polar surface area (TPSA) is 12.0 Å². The standard InChI is InChI=1S/C16H21NS/c1-3-17-11-15(10-14-8-9-18-12-14)16-7-5-4-6-13(16)2/h4-9,12,15,17H,3,10-11H2,1-2H3. The van der Waals surface area contributed by atoms with Crippen LogP contribution in [0.4, 0.5) is 0 Å². The molecule has 0 fully saturated rings. The molecule has 1 heterocycles. The van der Waals surface area contributed by atoms with E-state index in [1.54, 1.807) is 11.3 Å². The molecule has 1 aromatic heterocycles. The van der Waals surface area contributed by atoms with Crippen LogP contribution in [0.3, 0.4) is 0 Å². The van der Waals surface area contributed by atoms with Crippen molar-refractivity contribution >= 4 is 11.3 Å². The smallest absolute Gasteiger partial charge is 0.00233 e. The van der Waals surface area contributed by atoms with E-state index < -0.39 is 0 Å². The minimum absolute atomic E-state index is 0.570. The summed E-state index contributed by atoms with van der Waals surface area (Å²) in [6.07, 6.45) is 1.13. The number of rotatable bonds is 6. The molecule has 0 aliphatic carbocycles. The zero-order valence-corrected chi connectivity index (χ0v) is 12.0. The molecule has 1 aromatic carbocycles. The second-order valence-corrected chi connectivity index (χ2v) is 5.48. The van der Waals surface area contributed by atoms with E-state index >= 15 is 0 Å². The predicted molar refractivity (Wildman–Crippen MR) is 80.5 cm³/mol. The van der Waals surface area contributed by atoms with Gasteiger partial charge in [-0.25, -0.2) is 0 Å². The quantitative estimate of drug-likeness (QED) is 0.827. The highest BCUT2D eigenvalue weighted by atomic mass is 32.1. The van der Waals surface area contributed by atoms with Crippen LogP contribution in [-0.2, 0) is 6.42 Å². The first-order valence-corrected chi connectivity index (χ1v) is 7.53. The summed E-state index contributed by atoms with van der Waals surface area (Å²) in [6.45, 7) is 6.46. The van der Waals surface area contributed by atoms with E-state index in [-0.39, 0.29) is 0 Å². The van der Waals surface area contributed by atoms with Crippen molar-refractivity contribution in [2.45, 2.75) is 26.2 Å². The Bertz CT molecular complexity index is 462. The zero-order chi connectivity index (χ0) is 12.8. The molecule has 0 saturated carbocycles. The number of likely N-dealkylation sites (N-methyl/N-ethyl adjacent to an activating group) is 1. The van der Waals surface area contributed by atoms with Gasteiger partial charge >= 0.3 is 0 Å². The van der Waals surface area contributed by atoms with Crippen molar-refractivity contribution < 1.29 is 0 Å². The summed E-state index contributed by atoms with van der Waals surface area (Å²) in [5.74, 6) is 0.570. The van der Waals surface area contributed by atoms with Crippen LogP contribution in [-0.4, -0.2) is 13.1 Å². The molecule has 0 saturated heterocycles. The molecular weight excluding hydrogens is 238 g/mol. The Labute approximate surface area is 114 Å². The molecule has 1 unspecified atom stereocenters. The highest BCUT2D eigenvalue weighted by Gasteiger charge is 2.14. The maximum Gasteiger partial charge on any atom is 0.00233 e. The van der Waals surface area contributed by atoms with Crippen LogP contribution < -0.4 is 5.32 Å². The van der Waals surface area contributed by atoms with Crippen molar-refractivity contribution in [2.75, 3.05) is 13.1 Å². The molecule has 1 N–H and O–H groups in total. The monoisotopic (exact) mass is 259 g/mol. The lowest BCUT2D eigenvalue weighted by molar-refractivity contribution is 0.593. The fraction of sp³-hybridized carbons (Fsp3) is 0.375. The lowest BCUT2D eigenvalue weighted by Crippen LogP contribution is -2.23. The van der Waals surface area contributed by atoms with Crippen molar-refractivity contribution in [1.82, 2.24) is 5.32 Å². The molecular formula is C16H21NS. The minimum atomic E-state index is 0.570. The lowest BCUT2D eigenvalue weighted by Gasteiger charge is -2.19. The predicted octanol–water partition coefficient (Wildman–Crippen LogP) is 3.99. The van der Waals surface area contributed by atoms with Gasteiger partial charge in [-0.2, -0.15) is 11.3 Å². The molecule has 1 nitrogen and oxygen atoms in total. The SMILES string of the molecule is CCNCC(Cc1ccsc1)c1ccccc1C. The summed E-state index contributed by atoms with van der Waals surface area (Å²) in [7, 11) is 0. The third kappa shape index (κ3) is 3.44. The van der Waals surface area contributed by atoms with E-state index in [9.17, 15) is 0 Å².